The molecule has 0 aromatic heterocycles. The predicted octanol–water partition coefficient (Wildman–Crippen LogP) is 1.04. The molecule has 3 aliphatic rings. The van der Waals surface area contributed by atoms with Gasteiger partial charge in [0.25, 0.3) is 0 Å². The van der Waals surface area contributed by atoms with Crippen molar-refractivity contribution in [3.8, 4) is 6.07 Å². The van der Waals surface area contributed by atoms with E-state index < -0.39 is 15.6 Å². The van der Waals surface area contributed by atoms with E-state index in [2.05, 4.69) is 0 Å². The van der Waals surface area contributed by atoms with Gasteiger partial charge in [0.2, 0.25) is 21.8 Å². The average Bonchev–Trinajstić information content (AvgIpc) is 3.28. The highest BCUT2D eigenvalue weighted by molar-refractivity contribution is 7.89. The highest BCUT2D eigenvalue weighted by Crippen LogP contribution is 2.50. The second-order valence-electron chi connectivity index (χ2n) is 8.37. The minimum Gasteiger partial charge on any atom is -0.342 e. The molecule has 0 bridgehead atoms. The van der Waals surface area contributed by atoms with Gasteiger partial charge in [0.05, 0.1) is 28.0 Å². The molecule has 8 nitrogen and oxygen atoms in total. The van der Waals surface area contributed by atoms with E-state index in [9.17, 15) is 18.0 Å². The van der Waals surface area contributed by atoms with Gasteiger partial charge in [-0.05, 0) is 38.0 Å². The number of hydrogen-bond donors (Lipinski definition) is 0. The van der Waals surface area contributed by atoms with E-state index in [1.165, 1.54) is 23.4 Å². The predicted molar refractivity (Wildman–Crippen MR) is 109 cm³/mol. The number of carbonyl (C=O) groups is 2. The molecule has 3 fully saturated rings. The lowest BCUT2D eigenvalue weighted by molar-refractivity contribution is -0.136. The van der Waals surface area contributed by atoms with Crippen molar-refractivity contribution in [1.82, 2.24) is 14.1 Å². The van der Waals surface area contributed by atoms with Crippen LogP contribution in [0, 0.1) is 23.2 Å². The lowest BCUT2D eigenvalue weighted by atomic mass is 9.75. The number of hydrogen-bond acceptors (Lipinski definition) is 5. The van der Waals surface area contributed by atoms with Gasteiger partial charge in [0, 0.05) is 45.6 Å². The smallest absolute Gasteiger partial charge is 0.243 e. The van der Waals surface area contributed by atoms with Crippen molar-refractivity contribution in [2.75, 3.05) is 32.7 Å². The van der Waals surface area contributed by atoms with E-state index >= 15 is 0 Å². The van der Waals surface area contributed by atoms with Crippen LogP contribution in [0.3, 0.4) is 0 Å². The molecule has 2 atom stereocenters. The minimum absolute atomic E-state index is 0.0206. The van der Waals surface area contributed by atoms with Gasteiger partial charge in [-0.25, -0.2) is 8.42 Å². The first-order valence-electron chi connectivity index (χ1n) is 10.3. The monoisotopic (exact) mass is 430 g/mol. The number of nitriles is 1. The molecule has 1 aromatic rings. The summed E-state index contributed by atoms with van der Waals surface area (Å²) in [5.74, 6) is -0.0815. The Balaban J connectivity index is 1.58. The Morgan fingerprint density at radius 3 is 2.57 bits per heavy atom. The van der Waals surface area contributed by atoms with Crippen LogP contribution in [0.25, 0.3) is 0 Å². The Kier molecular flexibility index (Phi) is 5.11. The summed E-state index contributed by atoms with van der Waals surface area (Å²) in [7, 11) is -3.71. The maximum Gasteiger partial charge on any atom is 0.243 e. The molecule has 4 rings (SSSR count). The Labute approximate surface area is 177 Å². The number of rotatable bonds is 3. The van der Waals surface area contributed by atoms with E-state index in [0.29, 0.717) is 51.1 Å². The van der Waals surface area contributed by atoms with Gasteiger partial charge in [-0.2, -0.15) is 9.57 Å². The highest BCUT2D eigenvalue weighted by atomic mass is 32.2. The molecule has 3 saturated heterocycles. The molecule has 0 unspecified atom stereocenters. The number of piperidine rings is 1. The van der Waals surface area contributed by atoms with E-state index in [1.807, 2.05) is 17.9 Å². The van der Waals surface area contributed by atoms with Crippen molar-refractivity contribution in [2.45, 2.75) is 37.1 Å². The zero-order valence-corrected chi connectivity index (χ0v) is 18.1. The van der Waals surface area contributed by atoms with E-state index in [0.717, 1.165) is 0 Å². The zero-order chi connectivity index (χ0) is 21.7. The summed E-state index contributed by atoms with van der Waals surface area (Å²) in [4.78, 5) is 28.7. The van der Waals surface area contributed by atoms with Gasteiger partial charge >= 0.3 is 0 Å². The second-order valence-corrected chi connectivity index (χ2v) is 10.3. The van der Waals surface area contributed by atoms with Gasteiger partial charge in [0.15, 0.2) is 0 Å². The molecule has 30 heavy (non-hydrogen) atoms. The number of likely N-dealkylation sites (tertiary alicyclic amines) is 2. The van der Waals surface area contributed by atoms with E-state index in [-0.39, 0.29) is 28.5 Å². The Bertz CT molecular complexity index is 1020. The van der Waals surface area contributed by atoms with Gasteiger partial charge in [0.1, 0.15) is 0 Å². The summed E-state index contributed by atoms with van der Waals surface area (Å²) in [5.41, 5.74) is -0.0949. The lowest BCUT2D eigenvalue weighted by Gasteiger charge is -2.47. The second kappa shape index (κ2) is 7.36. The Hall–Kier alpha value is -2.44. The van der Waals surface area contributed by atoms with Crippen LogP contribution in [0.1, 0.15) is 32.3 Å². The molecule has 3 aliphatic heterocycles. The molecule has 0 saturated carbocycles. The first-order valence-corrected chi connectivity index (χ1v) is 11.8. The van der Waals surface area contributed by atoms with Crippen LogP contribution in [0.15, 0.2) is 29.2 Å². The zero-order valence-electron chi connectivity index (χ0n) is 17.2. The van der Waals surface area contributed by atoms with Crippen molar-refractivity contribution >= 4 is 21.8 Å². The lowest BCUT2D eigenvalue weighted by Crippen LogP contribution is -2.57. The molecule has 9 heteroatoms. The molecule has 0 radical (unpaired) electrons. The Morgan fingerprint density at radius 1 is 1.27 bits per heavy atom. The molecule has 0 N–H and O–H groups in total. The van der Waals surface area contributed by atoms with Crippen molar-refractivity contribution in [3.05, 3.63) is 29.8 Å². The fourth-order valence-corrected chi connectivity index (χ4v) is 7.06. The van der Waals surface area contributed by atoms with Gasteiger partial charge in [-0.3, -0.25) is 9.59 Å². The third-order valence-corrected chi connectivity index (χ3v) is 8.98. The highest BCUT2D eigenvalue weighted by Gasteiger charge is 2.61. The van der Waals surface area contributed by atoms with Crippen molar-refractivity contribution in [1.29, 1.82) is 5.26 Å². The summed E-state index contributed by atoms with van der Waals surface area (Å²) >= 11 is 0. The molecule has 3 heterocycles. The van der Waals surface area contributed by atoms with E-state index in [1.54, 1.807) is 17.0 Å². The largest absolute Gasteiger partial charge is 0.342 e. The van der Waals surface area contributed by atoms with E-state index in [4.69, 9.17) is 5.26 Å². The third kappa shape index (κ3) is 3.01. The van der Waals surface area contributed by atoms with Crippen LogP contribution in [-0.4, -0.2) is 72.6 Å². The summed E-state index contributed by atoms with van der Waals surface area (Å²) < 4.78 is 27.7. The van der Waals surface area contributed by atoms with Gasteiger partial charge < -0.3 is 9.80 Å². The fraction of sp³-hybridized carbons (Fsp3) is 0.571. The van der Waals surface area contributed by atoms with Crippen LogP contribution in [-0.2, 0) is 19.6 Å². The summed E-state index contributed by atoms with van der Waals surface area (Å²) in [5, 5.41) is 9.08. The number of sulfonamides is 1. The molecule has 1 spiro atoms. The SMILES string of the molecule is CCN1C(=O)[C@@H]2CN(C(C)=O)C[C@@H]2C12CCN(S(=O)(=O)c1cccc(C#N)c1)CC2. The van der Waals surface area contributed by atoms with Crippen molar-refractivity contribution < 1.29 is 18.0 Å². The van der Waals surface area contributed by atoms with Crippen LogP contribution >= 0.6 is 0 Å². The summed E-state index contributed by atoms with van der Waals surface area (Å²) in [6.45, 7) is 5.71. The van der Waals surface area contributed by atoms with Crippen LogP contribution in [0.5, 0.6) is 0 Å². The van der Waals surface area contributed by atoms with Crippen molar-refractivity contribution in [3.63, 3.8) is 0 Å². The molecular formula is C21H26N4O4S. The van der Waals surface area contributed by atoms with Crippen LogP contribution < -0.4 is 0 Å². The summed E-state index contributed by atoms with van der Waals surface area (Å²) in [6, 6.07) is 8.04. The number of carbonyl (C=O) groups excluding carboxylic acids is 2. The average molecular weight is 431 g/mol. The van der Waals surface area contributed by atoms with Crippen LogP contribution in [0.2, 0.25) is 0 Å². The molecular weight excluding hydrogens is 404 g/mol. The molecule has 2 amide bonds. The first-order chi connectivity index (χ1) is 14.2. The van der Waals surface area contributed by atoms with Gasteiger partial charge in [-0.1, -0.05) is 6.07 Å². The maximum absolute atomic E-state index is 13.1. The molecule has 160 valence electrons. The Morgan fingerprint density at radius 2 is 1.97 bits per heavy atom. The quantitative estimate of drug-likeness (QED) is 0.713. The molecule has 0 aliphatic carbocycles. The van der Waals surface area contributed by atoms with Gasteiger partial charge in [-0.15, -0.1) is 0 Å². The number of benzene rings is 1. The minimum atomic E-state index is -3.71. The topological polar surface area (TPSA) is 102 Å². The number of amides is 2. The maximum atomic E-state index is 13.1. The fourth-order valence-electron chi connectivity index (χ4n) is 5.58. The van der Waals surface area contributed by atoms with Crippen LogP contribution in [0.4, 0.5) is 0 Å². The van der Waals surface area contributed by atoms with Crippen molar-refractivity contribution in [2.24, 2.45) is 11.8 Å². The normalized spacial score (nSPS) is 26.1. The molecule has 1 aromatic carbocycles. The standard InChI is InChI=1S/C21H26N4O4S/c1-3-25-20(27)18-13-23(15(2)26)14-19(18)21(25)7-9-24(10-8-21)30(28,29)17-6-4-5-16(11-17)12-22/h4-6,11,18-19H,3,7-10,13-14H2,1-2H3/t18-,19+/m1/s1. The first kappa shape index (κ1) is 20.8. The number of fused-ring (bicyclic) bond motifs is 2. The third-order valence-electron chi connectivity index (χ3n) is 7.08. The number of nitrogens with zero attached hydrogens (tertiary/aromatic N) is 4. The summed E-state index contributed by atoms with van der Waals surface area (Å²) in [6.07, 6.45) is 1.10.